The van der Waals surface area contributed by atoms with Crippen molar-refractivity contribution in [2.75, 3.05) is 31.2 Å². The molecule has 102 valence electrons. The standard InChI is InChI=1S/C14H18N2O3/c15-6-5-13(17)14(18)11-1-3-12(4-2-11)16-7-9-19-10-8-16/h1-4,13-14,17-18H,5,7-10H2. The summed E-state index contributed by atoms with van der Waals surface area (Å²) in [6.45, 7) is 3.18. The van der Waals surface area contributed by atoms with Gasteiger partial charge in [-0.15, -0.1) is 0 Å². The van der Waals surface area contributed by atoms with Gasteiger partial charge in [-0.25, -0.2) is 0 Å². The summed E-state index contributed by atoms with van der Waals surface area (Å²) in [5, 5.41) is 28.0. The molecule has 0 aromatic heterocycles. The molecule has 19 heavy (non-hydrogen) atoms. The van der Waals surface area contributed by atoms with E-state index in [1.807, 2.05) is 18.2 Å². The molecule has 2 N–H and O–H groups in total. The zero-order valence-corrected chi connectivity index (χ0v) is 10.7. The molecule has 2 unspecified atom stereocenters. The highest BCUT2D eigenvalue weighted by Gasteiger charge is 2.18. The third-order valence-electron chi connectivity index (χ3n) is 3.28. The second-order valence-corrected chi connectivity index (χ2v) is 4.57. The summed E-state index contributed by atoms with van der Waals surface area (Å²) in [5.41, 5.74) is 1.70. The number of ether oxygens (including phenoxy) is 1. The van der Waals surface area contributed by atoms with Crippen LogP contribution in [-0.2, 0) is 4.74 Å². The number of nitrogens with zero attached hydrogens (tertiary/aromatic N) is 2. The highest BCUT2D eigenvalue weighted by atomic mass is 16.5. The predicted molar refractivity (Wildman–Crippen MR) is 70.7 cm³/mol. The molecule has 1 heterocycles. The summed E-state index contributed by atoms with van der Waals surface area (Å²) in [6, 6.07) is 9.26. The summed E-state index contributed by atoms with van der Waals surface area (Å²) in [5.74, 6) is 0. The van der Waals surface area contributed by atoms with E-state index in [4.69, 9.17) is 10.00 Å². The molecular formula is C14H18N2O3. The number of rotatable bonds is 4. The Balaban J connectivity index is 2.03. The second kappa shape index (κ2) is 6.53. The van der Waals surface area contributed by atoms with Crippen molar-refractivity contribution >= 4 is 5.69 Å². The molecule has 0 amide bonds. The molecule has 0 bridgehead atoms. The highest BCUT2D eigenvalue weighted by Crippen LogP contribution is 2.23. The molecule has 0 spiro atoms. The van der Waals surface area contributed by atoms with E-state index in [2.05, 4.69) is 4.90 Å². The van der Waals surface area contributed by atoms with Crippen LogP contribution in [0.1, 0.15) is 18.1 Å². The van der Waals surface area contributed by atoms with Crippen LogP contribution in [0.2, 0.25) is 0 Å². The van der Waals surface area contributed by atoms with Crippen LogP contribution in [0.25, 0.3) is 0 Å². The maximum Gasteiger partial charge on any atom is 0.106 e. The van der Waals surface area contributed by atoms with Crippen LogP contribution < -0.4 is 4.90 Å². The van der Waals surface area contributed by atoms with Crippen LogP contribution in [0.4, 0.5) is 5.69 Å². The lowest BCUT2D eigenvalue weighted by Crippen LogP contribution is -2.36. The zero-order valence-electron chi connectivity index (χ0n) is 10.7. The van der Waals surface area contributed by atoms with E-state index in [1.54, 1.807) is 12.1 Å². The van der Waals surface area contributed by atoms with E-state index in [0.29, 0.717) is 5.56 Å². The van der Waals surface area contributed by atoms with Crippen molar-refractivity contribution < 1.29 is 14.9 Å². The van der Waals surface area contributed by atoms with Gasteiger partial charge in [0, 0.05) is 18.8 Å². The average Bonchev–Trinajstić information content (AvgIpc) is 2.48. The summed E-state index contributed by atoms with van der Waals surface area (Å²) in [7, 11) is 0. The molecule has 5 nitrogen and oxygen atoms in total. The maximum atomic E-state index is 9.89. The van der Waals surface area contributed by atoms with Gasteiger partial charge in [0.2, 0.25) is 0 Å². The predicted octanol–water partition coefficient (Wildman–Crippen LogP) is 0.831. The molecule has 0 saturated carbocycles. The molecule has 5 heteroatoms. The molecular weight excluding hydrogens is 244 g/mol. The van der Waals surface area contributed by atoms with Gasteiger partial charge in [0.15, 0.2) is 0 Å². The SMILES string of the molecule is N#CCC(O)C(O)c1ccc(N2CCOCC2)cc1. The molecule has 2 rings (SSSR count). The first-order valence-corrected chi connectivity index (χ1v) is 6.38. The van der Waals surface area contributed by atoms with Crippen molar-refractivity contribution in [1.82, 2.24) is 0 Å². The number of morpholine rings is 1. The highest BCUT2D eigenvalue weighted by molar-refractivity contribution is 5.48. The fourth-order valence-electron chi connectivity index (χ4n) is 2.13. The fourth-order valence-corrected chi connectivity index (χ4v) is 2.13. The van der Waals surface area contributed by atoms with Gasteiger partial charge in [-0.2, -0.15) is 5.26 Å². The molecule has 1 aromatic carbocycles. The first kappa shape index (κ1) is 13.8. The summed E-state index contributed by atoms with van der Waals surface area (Å²) >= 11 is 0. The molecule has 2 atom stereocenters. The quantitative estimate of drug-likeness (QED) is 0.840. The largest absolute Gasteiger partial charge is 0.389 e. The normalized spacial score (nSPS) is 18.7. The molecule has 1 saturated heterocycles. The maximum absolute atomic E-state index is 9.89. The minimum absolute atomic E-state index is 0.0770. The van der Waals surface area contributed by atoms with Crippen LogP contribution in [0.15, 0.2) is 24.3 Å². The van der Waals surface area contributed by atoms with Gasteiger partial charge in [0.1, 0.15) is 6.10 Å². The van der Waals surface area contributed by atoms with Crippen LogP contribution in [-0.4, -0.2) is 42.6 Å². The van der Waals surface area contributed by atoms with Crippen molar-refractivity contribution in [1.29, 1.82) is 5.26 Å². The Bertz CT molecular complexity index is 435. The Morgan fingerprint density at radius 1 is 1.21 bits per heavy atom. The number of aliphatic hydroxyl groups is 2. The molecule has 1 aliphatic rings. The van der Waals surface area contributed by atoms with Crippen molar-refractivity contribution in [3.05, 3.63) is 29.8 Å². The van der Waals surface area contributed by atoms with Gasteiger partial charge in [-0.05, 0) is 17.7 Å². The Morgan fingerprint density at radius 2 is 1.84 bits per heavy atom. The van der Waals surface area contributed by atoms with E-state index >= 15 is 0 Å². The van der Waals surface area contributed by atoms with Crippen molar-refractivity contribution in [3.63, 3.8) is 0 Å². The second-order valence-electron chi connectivity index (χ2n) is 4.57. The number of benzene rings is 1. The number of hydrogen-bond donors (Lipinski definition) is 2. The minimum Gasteiger partial charge on any atom is -0.389 e. The Labute approximate surface area is 112 Å². The smallest absolute Gasteiger partial charge is 0.106 e. The van der Waals surface area contributed by atoms with Gasteiger partial charge in [-0.3, -0.25) is 0 Å². The number of aliphatic hydroxyl groups excluding tert-OH is 2. The summed E-state index contributed by atoms with van der Waals surface area (Å²) in [4.78, 5) is 2.21. The zero-order chi connectivity index (χ0) is 13.7. The molecule has 1 aromatic rings. The number of anilines is 1. The van der Waals surface area contributed by atoms with Gasteiger partial charge >= 0.3 is 0 Å². The number of nitriles is 1. The van der Waals surface area contributed by atoms with Crippen LogP contribution >= 0.6 is 0 Å². The summed E-state index contributed by atoms with van der Waals surface area (Å²) in [6.07, 6.45) is -2.13. The van der Waals surface area contributed by atoms with E-state index in [0.717, 1.165) is 32.0 Å². The van der Waals surface area contributed by atoms with Gasteiger partial charge in [0.05, 0.1) is 31.8 Å². The van der Waals surface area contributed by atoms with E-state index < -0.39 is 12.2 Å². The molecule has 0 aliphatic carbocycles. The molecule has 0 radical (unpaired) electrons. The third-order valence-corrected chi connectivity index (χ3v) is 3.28. The topological polar surface area (TPSA) is 76.7 Å². The lowest BCUT2D eigenvalue weighted by atomic mass is 10.0. The Kier molecular flexibility index (Phi) is 4.74. The summed E-state index contributed by atoms with van der Waals surface area (Å²) < 4.78 is 5.30. The average molecular weight is 262 g/mol. The lowest BCUT2D eigenvalue weighted by molar-refractivity contribution is 0.0216. The first-order valence-electron chi connectivity index (χ1n) is 6.38. The van der Waals surface area contributed by atoms with Crippen LogP contribution in [0.5, 0.6) is 0 Å². The van der Waals surface area contributed by atoms with E-state index in [9.17, 15) is 10.2 Å². The van der Waals surface area contributed by atoms with E-state index in [1.165, 1.54) is 0 Å². The van der Waals surface area contributed by atoms with Crippen molar-refractivity contribution in [3.8, 4) is 6.07 Å². The minimum atomic E-state index is -1.04. The Hall–Kier alpha value is -1.61. The lowest BCUT2D eigenvalue weighted by Gasteiger charge is -2.29. The van der Waals surface area contributed by atoms with Crippen LogP contribution in [0, 0.1) is 11.3 Å². The van der Waals surface area contributed by atoms with Crippen molar-refractivity contribution in [2.24, 2.45) is 0 Å². The fraction of sp³-hybridized carbons (Fsp3) is 0.500. The van der Waals surface area contributed by atoms with Crippen molar-refractivity contribution in [2.45, 2.75) is 18.6 Å². The van der Waals surface area contributed by atoms with E-state index in [-0.39, 0.29) is 6.42 Å². The number of hydrogen-bond acceptors (Lipinski definition) is 5. The van der Waals surface area contributed by atoms with Crippen LogP contribution in [0.3, 0.4) is 0 Å². The van der Waals surface area contributed by atoms with Gasteiger partial charge < -0.3 is 19.8 Å². The monoisotopic (exact) mass is 262 g/mol. The Morgan fingerprint density at radius 3 is 2.42 bits per heavy atom. The van der Waals surface area contributed by atoms with Gasteiger partial charge in [0.25, 0.3) is 0 Å². The third kappa shape index (κ3) is 3.44. The molecule has 1 fully saturated rings. The van der Waals surface area contributed by atoms with Gasteiger partial charge in [-0.1, -0.05) is 12.1 Å². The first-order chi connectivity index (χ1) is 9.22. The molecule has 1 aliphatic heterocycles.